The van der Waals surface area contributed by atoms with E-state index in [0.29, 0.717) is 17.8 Å². The van der Waals surface area contributed by atoms with Crippen molar-refractivity contribution in [3.8, 4) is 0 Å². The molecule has 0 fully saturated rings. The van der Waals surface area contributed by atoms with Crippen LogP contribution in [0, 0.1) is 6.92 Å². The fourth-order valence-electron chi connectivity index (χ4n) is 2.40. The summed E-state index contributed by atoms with van der Waals surface area (Å²) in [6, 6.07) is 14.1. The number of benzene rings is 2. The Labute approximate surface area is 143 Å². The Morgan fingerprint density at radius 3 is 2.29 bits per heavy atom. The highest BCUT2D eigenvalue weighted by atomic mass is 32.2. The summed E-state index contributed by atoms with van der Waals surface area (Å²) < 4.78 is 25.5. The van der Waals surface area contributed by atoms with Gasteiger partial charge < -0.3 is 5.32 Å². The first-order valence-electron chi connectivity index (χ1n) is 7.86. The molecule has 0 spiro atoms. The van der Waals surface area contributed by atoms with Crippen molar-refractivity contribution in [2.45, 2.75) is 20.8 Å². The third-order valence-electron chi connectivity index (χ3n) is 3.68. The van der Waals surface area contributed by atoms with E-state index in [-0.39, 0.29) is 11.7 Å². The minimum atomic E-state index is -3.32. The standard InChI is InChI=1S/C18H22N2O3S/c1-4-20(24(22,23)5-2)17-11-9-15(10-12-17)18(21)19-16-8-6-7-14(3)13-16/h6-13H,4-5H2,1-3H3,(H,19,21). The number of sulfonamides is 1. The number of aryl methyl sites for hydroxylation is 1. The van der Waals surface area contributed by atoms with Crippen LogP contribution in [-0.2, 0) is 10.0 Å². The second-order valence-corrected chi connectivity index (χ2v) is 7.62. The molecule has 128 valence electrons. The van der Waals surface area contributed by atoms with Gasteiger partial charge in [-0.05, 0) is 62.7 Å². The van der Waals surface area contributed by atoms with Crippen LogP contribution in [0.4, 0.5) is 11.4 Å². The SMILES string of the molecule is CCN(c1ccc(C(=O)Nc2cccc(C)c2)cc1)S(=O)(=O)CC. The summed E-state index contributed by atoms with van der Waals surface area (Å²) in [7, 11) is -3.32. The van der Waals surface area contributed by atoms with E-state index < -0.39 is 10.0 Å². The fourth-order valence-corrected chi connectivity index (χ4v) is 3.55. The highest BCUT2D eigenvalue weighted by molar-refractivity contribution is 7.92. The Bertz CT molecular complexity index is 814. The number of hydrogen-bond acceptors (Lipinski definition) is 3. The highest BCUT2D eigenvalue weighted by Crippen LogP contribution is 2.20. The lowest BCUT2D eigenvalue weighted by atomic mass is 10.1. The molecule has 0 saturated carbocycles. The van der Waals surface area contributed by atoms with Crippen molar-refractivity contribution >= 4 is 27.3 Å². The van der Waals surface area contributed by atoms with Crippen LogP contribution in [0.25, 0.3) is 0 Å². The maximum absolute atomic E-state index is 12.3. The molecule has 0 unspecified atom stereocenters. The average molecular weight is 346 g/mol. The van der Waals surface area contributed by atoms with Gasteiger partial charge >= 0.3 is 0 Å². The molecule has 2 aromatic carbocycles. The number of nitrogens with zero attached hydrogens (tertiary/aromatic N) is 1. The summed E-state index contributed by atoms with van der Waals surface area (Å²) in [5, 5.41) is 2.83. The summed E-state index contributed by atoms with van der Waals surface area (Å²) in [4.78, 5) is 12.3. The van der Waals surface area contributed by atoms with Crippen LogP contribution in [-0.4, -0.2) is 26.6 Å². The van der Waals surface area contributed by atoms with E-state index in [0.717, 1.165) is 11.3 Å². The number of carbonyl (C=O) groups excluding carboxylic acids is 1. The Hall–Kier alpha value is -2.34. The van der Waals surface area contributed by atoms with Crippen LogP contribution < -0.4 is 9.62 Å². The minimum absolute atomic E-state index is 0.0381. The number of amides is 1. The van der Waals surface area contributed by atoms with Crippen molar-refractivity contribution in [1.82, 2.24) is 0 Å². The van der Waals surface area contributed by atoms with E-state index in [1.54, 1.807) is 38.1 Å². The van der Waals surface area contributed by atoms with Gasteiger partial charge in [-0.3, -0.25) is 9.10 Å². The molecule has 24 heavy (non-hydrogen) atoms. The van der Waals surface area contributed by atoms with Gasteiger partial charge in [-0.15, -0.1) is 0 Å². The Morgan fingerprint density at radius 2 is 1.75 bits per heavy atom. The molecule has 1 N–H and O–H groups in total. The lowest BCUT2D eigenvalue weighted by Gasteiger charge is -2.22. The minimum Gasteiger partial charge on any atom is -0.322 e. The number of nitrogens with one attached hydrogen (secondary N) is 1. The molecule has 0 aliphatic heterocycles. The lowest BCUT2D eigenvalue weighted by molar-refractivity contribution is 0.102. The quantitative estimate of drug-likeness (QED) is 0.871. The van der Waals surface area contributed by atoms with Crippen molar-refractivity contribution in [2.75, 3.05) is 21.9 Å². The molecule has 0 saturated heterocycles. The van der Waals surface area contributed by atoms with Gasteiger partial charge in [0, 0.05) is 17.8 Å². The van der Waals surface area contributed by atoms with Gasteiger partial charge in [-0.25, -0.2) is 8.42 Å². The van der Waals surface area contributed by atoms with Crippen LogP contribution in [0.3, 0.4) is 0 Å². The van der Waals surface area contributed by atoms with Gasteiger partial charge in [0.15, 0.2) is 0 Å². The number of rotatable bonds is 6. The van der Waals surface area contributed by atoms with Crippen LogP contribution in [0.2, 0.25) is 0 Å². The number of carbonyl (C=O) groups is 1. The maximum atomic E-state index is 12.3. The van der Waals surface area contributed by atoms with Crippen LogP contribution in [0.1, 0.15) is 29.8 Å². The largest absolute Gasteiger partial charge is 0.322 e. The van der Waals surface area contributed by atoms with Crippen molar-refractivity contribution < 1.29 is 13.2 Å². The number of hydrogen-bond donors (Lipinski definition) is 1. The molecule has 0 aliphatic carbocycles. The smallest absolute Gasteiger partial charge is 0.255 e. The summed E-state index contributed by atoms with van der Waals surface area (Å²) in [5.41, 5.74) is 2.83. The normalized spacial score (nSPS) is 11.1. The zero-order chi connectivity index (χ0) is 17.7. The van der Waals surface area contributed by atoms with Crippen molar-refractivity contribution in [1.29, 1.82) is 0 Å². The van der Waals surface area contributed by atoms with Gasteiger partial charge in [0.2, 0.25) is 10.0 Å². The van der Waals surface area contributed by atoms with E-state index in [9.17, 15) is 13.2 Å². The molecular weight excluding hydrogens is 324 g/mol. The van der Waals surface area contributed by atoms with Crippen LogP contribution in [0.15, 0.2) is 48.5 Å². The second kappa shape index (κ2) is 7.49. The summed E-state index contributed by atoms with van der Waals surface area (Å²) in [6.45, 7) is 5.70. The van der Waals surface area contributed by atoms with Crippen LogP contribution in [0.5, 0.6) is 0 Å². The fraction of sp³-hybridized carbons (Fsp3) is 0.278. The zero-order valence-corrected chi connectivity index (χ0v) is 14.9. The van der Waals surface area contributed by atoms with Gasteiger partial charge in [0.05, 0.1) is 11.4 Å². The van der Waals surface area contributed by atoms with Crippen molar-refractivity contribution in [2.24, 2.45) is 0 Å². The van der Waals surface area contributed by atoms with E-state index in [4.69, 9.17) is 0 Å². The van der Waals surface area contributed by atoms with E-state index in [1.165, 1.54) is 4.31 Å². The van der Waals surface area contributed by atoms with Gasteiger partial charge in [0.25, 0.3) is 5.91 Å². The van der Waals surface area contributed by atoms with Crippen molar-refractivity contribution in [3.63, 3.8) is 0 Å². The molecule has 0 atom stereocenters. The third-order valence-corrected chi connectivity index (χ3v) is 5.55. The summed E-state index contributed by atoms with van der Waals surface area (Å²) >= 11 is 0. The van der Waals surface area contributed by atoms with Gasteiger partial charge in [-0.2, -0.15) is 0 Å². The maximum Gasteiger partial charge on any atom is 0.255 e. The predicted octanol–water partition coefficient (Wildman–Crippen LogP) is 3.42. The van der Waals surface area contributed by atoms with E-state index in [1.807, 2.05) is 31.2 Å². The molecule has 0 radical (unpaired) electrons. The Balaban J connectivity index is 2.18. The van der Waals surface area contributed by atoms with Crippen molar-refractivity contribution in [3.05, 3.63) is 59.7 Å². The summed E-state index contributed by atoms with van der Waals surface area (Å²) in [5.74, 6) is -0.190. The van der Waals surface area contributed by atoms with E-state index >= 15 is 0 Å². The first-order chi connectivity index (χ1) is 11.4. The topological polar surface area (TPSA) is 66.5 Å². The lowest BCUT2D eigenvalue weighted by Crippen LogP contribution is -2.32. The average Bonchev–Trinajstić information content (AvgIpc) is 2.56. The first-order valence-corrected chi connectivity index (χ1v) is 9.46. The third kappa shape index (κ3) is 4.14. The molecule has 0 aromatic heterocycles. The predicted molar refractivity (Wildman–Crippen MR) is 98.1 cm³/mol. The van der Waals surface area contributed by atoms with E-state index in [2.05, 4.69) is 5.32 Å². The Morgan fingerprint density at radius 1 is 1.08 bits per heavy atom. The molecule has 2 rings (SSSR count). The Kier molecular flexibility index (Phi) is 5.62. The van der Waals surface area contributed by atoms with Gasteiger partial charge in [0.1, 0.15) is 0 Å². The molecule has 0 heterocycles. The van der Waals surface area contributed by atoms with Crippen LogP contribution >= 0.6 is 0 Å². The monoisotopic (exact) mass is 346 g/mol. The summed E-state index contributed by atoms with van der Waals surface area (Å²) in [6.07, 6.45) is 0. The zero-order valence-electron chi connectivity index (χ0n) is 14.1. The molecule has 0 aliphatic rings. The van der Waals surface area contributed by atoms with Gasteiger partial charge in [-0.1, -0.05) is 12.1 Å². The highest BCUT2D eigenvalue weighted by Gasteiger charge is 2.18. The molecule has 6 heteroatoms. The first kappa shape index (κ1) is 18.0. The number of anilines is 2. The molecule has 5 nitrogen and oxygen atoms in total. The molecule has 1 amide bonds. The molecule has 0 bridgehead atoms. The second-order valence-electron chi connectivity index (χ2n) is 5.44. The molecular formula is C18H22N2O3S. The molecule has 2 aromatic rings.